The molecule has 5 nitrogen and oxygen atoms in total. The van der Waals surface area contributed by atoms with E-state index in [2.05, 4.69) is 10.2 Å². The Morgan fingerprint density at radius 2 is 2.00 bits per heavy atom. The lowest BCUT2D eigenvalue weighted by Gasteiger charge is -2.08. The lowest BCUT2D eigenvalue weighted by atomic mass is 10.1. The van der Waals surface area contributed by atoms with E-state index < -0.39 is 0 Å². The first-order valence-corrected chi connectivity index (χ1v) is 6.05. The normalized spacial score (nSPS) is 11.1. The number of fused-ring (bicyclic) bond motifs is 1. The predicted molar refractivity (Wildman–Crippen MR) is 76.2 cm³/mol. The SMILES string of the molecule is Cn1c(-c2ccc(Cl)cc2)cc2[nH]nc(N)c2c1=O. The van der Waals surface area contributed by atoms with E-state index in [0.29, 0.717) is 15.9 Å². The second kappa shape index (κ2) is 4.13. The number of anilines is 1. The molecular weight excluding hydrogens is 264 g/mol. The van der Waals surface area contributed by atoms with Gasteiger partial charge in [0.2, 0.25) is 0 Å². The van der Waals surface area contributed by atoms with Gasteiger partial charge in [0.15, 0.2) is 5.82 Å². The monoisotopic (exact) mass is 274 g/mol. The van der Waals surface area contributed by atoms with Crippen LogP contribution in [0.1, 0.15) is 0 Å². The Morgan fingerprint density at radius 1 is 1.32 bits per heavy atom. The molecule has 2 heterocycles. The number of aromatic amines is 1. The van der Waals surface area contributed by atoms with Crippen molar-refractivity contribution < 1.29 is 0 Å². The quantitative estimate of drug-likeness (QED) is 0.714. The number of nitrogens with one attached hydrogen (secondary N) is 1. The van der Waals surface area contributed by atoms with Crippen LogP contribution in [0.15, 0.2) is 35.1 Å². The van der Waals surface area contributed by atoms with E-state index in [4.69, 9.17) is 17.3 Å². The third kappa shape index (κ3) is 1.79. The first-order chi connectivity index (χ1) is 9.08. The van der Waals surface area contributed by atoms with Gasteiger partial charge < -0.3 is 10.3 Å². The van der Waals surface area contributed by atoms with Gasteiger partial charge in [-0.05, 0) is 23.8 Å². The number of nitrogens with zero attached hydrogens (tertiary/aromatic N) is 2. The summed E-state index contributed by atoms with van der Waals surface area (Å²) in [5.41, 5.74) is 7.82. The fourth-order valence-corrected chi connectivity index (χ4v) is 2.23. The Balaban J connectivity index is 2.33. The zero-order valence-corrected chi connectivity index (χ0v) is 10.9. The number of aromatic nitrogens is 3. The number of H-pyrrole nitrogens is 1. The lowest BCUT2D eigenvalue weighted by Crippen LogP contribution is -2.18. The molecule has 0 radical (unpaired) electrons. The lowest BCUT2D eigenvalue weighted by molar-refractivity contribution is 0.883. The van der Waals surface area contributed by atoms with Gasteiger partial charge in [-0.25, -0.2) is 0 Å². The van der Waals surface area contributed by atoms with Gasteiger partial charge in [0.05, 0.1) is 11.2 Å². The van der Waals surface area contributed by atoms with Gasteiger partial charge in [0.1, 0.15) is 5.39 Å². The van der Waals surface area contributed by atoms with Crippen molar-refractivity contribution in [2.45, 2.75) is 0 Å². The third-order valence-corrected chi connectivity index (χ3v) is 3.38. The molecule has 3 aromatic rings. The summed E-state index contributed by atoms with van der Waals surface area (Å²) in [5.74, 6) is 0.221. The van der Waals surface area contributed by atoms with Crippen molar-refractivity contribution in [1.82, 2.24) is 14.8 Å². The first-order valence-electron chi connectivity index (χ1n) is 5.67. The molecule has 0 aliphatic carbocycles. The highest BCUT2D eigenvalue weighted by Gasteiger charge is 2.12. The van der Waals surface area contributed by atoms with E-state index in [-0.39, 0.29) is 11.4 Å². The van der Waals surface area contributed by atoms with Crippen LogP contribution < -0.4 is 11.3 Å². The third-order valence-electron chi connectivity index (χ3n) is 3.12. The number of nitrogen functional groups attached to an aromatic ring is 1. The fraction of sp³-hybridized carbons (Fsp3) is 0.0769. The van der Waals surface area contributed by atoms with Crippen molar-refractivity contribution in [2.75, 3.05) is 5.73 Å². The molecule has 0 fully saturated rings. The number of pyridine rings is 1. The molecule has 0 amide bonds. The van der Waals surface area contributed by atoms with Crippen LogP contribution >= 0.6 is 11.6 Å². The molecule has 6 heteroatoms. The van der Waals surface area contributed by atoms with Crippen molar-refractivity contribution >= 4 is 28.3 Å². The zero-order chi connectivity index (χ0) is 13.6. The number of hydrogen-bond donors (Lipinski definition) is 2. The number of halogens is 1. The molecular formula is C13H11ClN4O. The zero-order valence-electron chi connectivity index (χ0n) is 10.1. The van der Waals surface area contributed by atoms with Gasteiger partial charge in [-0.15, -0.1) is 0 Å². The van der Waals surface area contributed by atoms with Gasteiger partial charge in [0, 0.05) is 12.1 Å². The summed E-state index contributed by atoms with van der Waals surface area (Å²) in [7, 11) is 1.71. The minimum absolute atomic E-state index is 0.172. The summed E-state index contributed by atoms with van der Waals surface area (Å²) in [4.78, 5) is 12.3. The van der Waals surface area contributed by atoms with Crippen LogP contribution in [0.25, 0.3) is 22.2 Å². The molecule has 1 aromatic carbocycles. The van der Waals surface area contributed by atoms with E-state index >= 15 is 0 Å². The summed E-state index contributed by atoms with van der Waals surface area (Å²) in [6.07, 6.45) is 0. The molecule has 0 unspecified atom stereocenters. The van der Waals surface area contributed by atoms with Crippen molar-refractivity contribution in [3.8, 4) is 11.3 Å². The highest BCUT2D eigenvalue weighted by Crippen LogP contribution is 2.23. The fourth-order valence-electron chi connectivity index (χ4n) is 2.11. The van der Waals surface area contributed by atoms with E-state index in [9.17, 15) is 4.79 Å². The Hall–Kier alpha value is -2.27. The van der Waals surface area contributed by atoms with Gasteiger partial charge in [0.25, 0.3) is 5.56 Å². The van der Waals surface area contributed by atoms with E-state index in [1.807, 2.05) is 18.2 Å². The average Bonchev–Trinajstić information content (AvgIpc) is 2.77. The maximum Gasteiger partial charge on any atom is 0.264 e. The molecule has 3 rings (SSSR count). The molecule has 0 saturated heterocycles. The maximum absolute atomic E-state index is 12.3. The number of rotatable bonds is 1. The molecule has 0 aliphatic rings. The molecule has 19 heavy (non-hydrogen) atoms. The maximum atomic E-state index is 12.3. The Bertz CT molecular complexity index is 817. The summed E-state index contributed by atoms with van der Waals surface area (Å²) < 4.78 is 1.55. The van der Waals surface area contributed by atoms with Crippen LogP contribution in [0.2, 0.25) is 5.02 Å². The van der Waals surface area contributed by atoms with E-state index in [1.54, 1.807) is 23.7 Å². The van der Waals surface area contributed by atoms with Crippen molar-refractivity contribution in [1.29, 1.82) is 0 Å². The average molecular weight is 275 g/mol. The first kappa shape index (κ1) is 11.8. The van der Waals surface area contributed by atoms with Crippen LogP contribution in [-0.4, -0.2) is 14.8 Å². The summed E-state index contributed by atoms with van der Waals surface area (Å²) in [6.45, 7) is 0. The van der Waals surface area contributed by atoms with Crippen molar-refractivity contribution in [3.63, 3.8) is 0 Å². The Labute approximate surface area is 113 Å². The van der Waals surface area contributed by atoms with Crippen LogP contribution in [0.3, 0.4) is 0 Å². The summed E-state index contributed by atoms with van der Waals surface area (Å²) in [6, 6.07) is 9.15. The van der Waals surface area contributed by atoms with Gasteiger partial charge >= 0.3 is 0 Å². The molecule has 96 valence electrons. The topological polar surface area (TPSA) is 76.7 Å². The number of nitrogens with two attached hydrogens (primary N) is 1. The largest absolute Gasteiger partial charge is 0.382 e. The predicted octanol–water partition coefficient (Wildman–Crippen LogP) is 2.16. The standard InChI is InChI=1S/C13H11ClN4O/c1-18-10(7-2-4-8(14)5-3-7)6-9-11(13(18)19)12(15)17-16-9/h2-6H,1H3,(H3,15,16,17). The highest BCUT2D eigenvalue weighted by molar-refractivity contribution is 6.30. The number of hydrogen-bond acceptors (Lipinski definition) is 3. The molecule has 0 aliphatic heterocycles. The van der Waals surface area contributed by atoms with Crippen molar-refractivity contribution in [2.24, 2.45) is 7.05 Å². The minimum atomic E-state index is -0.172. The Kier molecular flexibility index (Phi) is 2.57. The minimum Gasteiger partial charge on any atom is -0.382 e. The highest BCUT2D eigenvalue weighted by atomic mass is 35.5. The van der Waals surface area contributed by atoms with Crippen LogP contribution in [0.5, 0.6) is 0 Å². The van der Waals surface area contributed by atoms with Gasteiger partial charge in [-0.2, -0.15) is 5.10 Å². The van der Waals surface area contributed by atoms with Crippen LogP contribution in [-0.2, 0) is 7.05 Å². The summed E-state index contributed by atoms with van der Waals surface area (Å²) >= 11 is 5.87. The van der Waals surface area contributed by atoms with E-state index in [1.165, 1.54) is 0 Å². The van der Waals surface area contributed by atoms with Crippen LogP contribution in [0.4, 0.5) is 5.82 Å². The smallest absolute Gasteiger partial charge is 0.264 e. The number of benzene rings is 1. The van der Waals surface area contributed by atoms with Gasteiger partial charge in [-0.1, -0.05) is 23.7 Å². The second-order valence-electron chi connectivity index (χ2n) is 4.30. The van der Waals surface area contributed by atoms with Crippen molar-refractivity contribution in [3.05, 3.63) is 45.7 Å². The van der Waals surface area contributed by atoms with Gasteiger partial charge in [-0.3, -0.25) is 9.89 Å². The molecule has 0 bridgehead atoms. The second-order valence-corrected chi connectivity index (χ2v) is 4.73. The molecule has 0 atom stereocenters. The summed E-state index contributed by atoms with van der Waals surface area (Å²) in [5, 5.41) is 7.70. The molecule has 2 aromatic heterocycles. The molecule has 0 saturated carbocycles. The van der Waals surface area contributed by atoms with E-state index in [0.717, 1.165) is 11.3 Å². The Morgan fingerprint density at radius 3 is 2.68 bits per heavy atom. The molecule has 0 spiro atoms. The molecule has 3 N–H and O–H groups in total. The van der Waals surface area contributed by atoms with Crippen LogP contribution in [0, 0.1) is 0 Å².